The molecule has 0 fully saturated rings. The lowest BCUT2D eigenvalue weighted by Crippen LogP contribution is -2.48. The lowest BCUT2D eigenvalue weighted by atomic mass is 10.1. The van der Waals surface area contributed by atoms with Gasteiger partial charge in [-0.05, 0) is 30.3 Å². The van der Waals surface area contributed by atoms with E-state index < -0.39 is 11.9 Å². The van der Waals surface area contributed by atoms with Gasteiger partial charge in [-0.25, -0.2) is 9.97 Å². The second-order valence-electron chi connectivity index (χ2n) is 6.78. The summed E-state index contributed by atoms with van der Waals surface area (Å²) in [6.45, 7) is 0.187. The zero-order valence-corrected chi connectivity index (χ0v) is 16.1. The highest BCUT2D eigenvalue weighted by Gasteiger charge is 2.19. The number of rotatable bonds is 7. The highest BCUT2D eigenvalue weighted by Crippen LogP contribution is 2.20. The van der Waals surface area contributed by atoms with Gasteiger partial charge >= 0.3 is 0 Å². The number of carbonyl (C=O) groups excluding carboxylic acids is 2. The second kappa shape index (κ2) is 8.44. The molecule has 0 spiro atoms. The number of hydrogen-bond donors (Lipinski definition) is 4. The summed E-state index contributed by atoms with van der Waals surface area (Å²) in [6.07, 6.45) is 3.63. The van der Waals surface area contributed by atoms with Crippen molar-refractivity contribution in [3.63, 3.8) is 0 Å². The molecule has 150 valence electrons. The maximum atomic E-state index is 12.7. The third-order valence-electron chi connectivity index (χ3n) is 4.67. The summed E-state index contributed by atoms with van der Waals surface area (Å²) < 4.78 is 0. The standard InChI is InChI=1S/C22H20N6O2/c23-20(29)19(13-25-16-4-2-1-3-5-16)28-22(30)15-6-7-17-18(12-15)27-21(26-17)14-8-10-24-11-9-14/h1-12,19,25H,13H2,(H2,23,29)(H,26,27)(H,28,30)/p+1/t19-/m0/s1. The number of amides is 2. The van der Waals surface area contributed by atoms with Crippen LogP contribution in [0.3, 0.4) is 0 Å². The van der Waals surface area contributed by atoms with Crippen LogP contribution < -0.4 is 21.4 Å². The molecule has 0 bridgehead atoms. The number of benzene rings is 2. The molecule has 0 radical (unpaired) electrons. The van der Waals surface area contributed by atoms with Crippen LogP contribution >= 0.6 is 0 Å². The van der Waals surface area contributed by atoms with Crippen molar-refractivity contribution in [3.8, 4) is 11.4 Å². The molecular weight excluding hydrogens is 380 g/mol. The summed E-state index contributed by atoms with van der Waals surface area (Å²) in [7, 11) is 0. The van der Waals surface area contributed by atoms with Crippen LogP contribution in [0.5, 0.6) is 0 Å². The van der Waals surface area contributed by atoms with Gasteiger partial charge in [-0.15, -0.1) is 0 Å². The number of fused-ring (bicyclic) bond motifs is 1. The number of nitrogens with two attached hydrogens (primary N) is 1. The molecule has 2 amide bonds. The number of carbonyl (C=O) groups is 2. The van der Waals surface area contributed by atoms with Crippen LogP contribution in [0.4, 0.5) is 5.69 Å². The zero-order valence-electron chi connectivity index (χ0n) is 16.1. The summed E-state index contributed by atoms with van der Waals surface area (Å²) in [4.78, 5) is 35.3. The van der Waals surface area contributed by atoms with Crippen molar-refractivity contribution in [2.45, 2.75) is 6.04 Å². The fourth-order valence-corrected chi connectivity index (χ4v) is 3.07. The van der Waals surface area contributed by atoms with Gasteiger partial charge in [0.05, 0.1) is 11.0 Å². The summed E-state index contributed by atoms with van der Waals surface area (Å²) >= 11 is 0. The first kappa shape index (κ1) is 19.1. The molecule has 2 aromatic carbocycles. The SMILES string of the molecule is NC(=O)[C@H](CNc1ccccc1)NC(=O)c1ccc2nc(-c3cc[nH+]cc3)[nH]c2c1. The molecule has 6 N–H and O–H groups in total. The van der Waals surface area contributed by atoms with Gasteiger partial charge in [-0.3, -0.25) is 9.59 Å². The number of imidazole rings is 1. The minimum Gasteiger partial charge on any atom is -0.382 e. The fraction of sp³-hybridized carbons (Fsp3) is 0.0909. The number of aromatic nitrogens is 3. The Morgan fingerprint density at radius 2 is 1.83 bits per heavy atom. The second-order valence-corrected chi connectivity index (χ2v) is 6.78. The largest absolute Gasteiger partial charge is 0.382 e. The first-order valence-electron chi connectivity index (χ1n) is 9.45. The highest BCUT2D eigenvalue weighted by atomic mass is 16.2. The van der Waals surface area contributed by atoms with Gasteiger partial charge in [0.1, 0.15) is 11.9 Å². The lowest BCUT2D eigenvalue weighted by molar-refractivity contribution is -0.377. The summed E-state index contributed by atoms with van der Waals surface area (Å²) in [5.41, 5.74) is 9.11. The van der Waals surface area contributed by atoms with E-state index in [0.717, 1.165) is 22.3 Å². The molecule has 30 heavy (non-hydrogen) atoms. The number of nitrogens with one attached hydrogen (secondary N) is 4. The van der Waals surface area contributed by atoms with E-state index in [1.807, 2.05) is 54.9 Å². The molecule has 0 unspecified atom stereocenters. The van der Waals surface area contributed by atoms with Crippen molar-refractivity contribution >= 4 is 28.5 Å². The molecule has 2 aromatic heterocycles. The molecule has 4 rings (SSSR count). The molecule has 0 saturated heterocycles. The minimum absolute atomic E-state index is 0.187. The number of nitrogens with zero attached hydrogens (tertiary/aromatic N) is 1. The van der Waals surface area contributed by atoms with Gasteiger partial charge in [-0.2, -0.15) is 0 Å². The number of hydrogen-bond acceptors (Lipinski definition) is 4. The van der Waals surface area contributed by atoms with Gasteiger partial charge in [0.15, 0.2) is 12.4 Å². The maximum Gasteiger partial charge on any atom is 0.252 e. The summed E-state index contributed by atoms with van der Waals surface area (Å²) in [5.74, 6) is -0.294. The van der Waals surface area contributed by atoms with Gasteiger partial charge in [0.2, 0.25) is 5.91 Å². The van der Waals surface area contributed by atoms with Crippen LogP contribution in [-0.2, 0) is 4.79 Å². The van der Waals surface area contributed by atoms with E-state index in [0.29, 0.717) is 11.4 Å². The highest BCUT2D eigenvalue weighted by molar-refractivity contribution is 6.00. The Kier molecular flexibility index (Phi) is 5.38. The van der Waals surface area contributed by atoms with Crippen molar-refractivity contribution < 1.29 is 14.6 Å². The molecule has 4 aromatic rings. The Hall–Kier alpha value is -4.20. The van der Waals surface area contributed by atoms with Crippen molar-refractivity contribution in [3.05, 3.63) is 78.6 Å². The van der Waals surface area contributed by atoms with Gasteiger partial charge in [0.25, 0.3) is 5.91 Å². The summed E-state index contributed by atoms with van der Waals surface area (Å²) in [5, 5.41) is 5.79. The van der Waals surface area contributed by atoms with Crippen LogP contribution in [0.25, 0.3) is 22.4 Å². The monoisotopic (exact) mass is 401 g/mol. The van der Waals surface area contributed by atoms with Gasteiger partial charge in [-0.1, -0.05) is 18.2 Å². The molecule has 2 heterocycles. The number of pyridine rings is 1. The average Bonchev–Trinajstić information content (AvgIpc) is 3.21. The fourth-order valence-electron chi connectivity index (χ4n) is 3.07. The van der Waals surface area contributed by atoms with Crippen molar-refractivity contribution in [2.24, 2.45) is 5.73 Å². The van der Waals surface area contributed by atoms with Crippen molar-refractivity contribution in [1.82, 2.24) is 15.3 Å². The van der Waals surface area contributed by atoms with E-state index in [4.69, 9.17) is 5.73 Å². The van der Waals surface area contributed by atoms with E-state index in [1.165, 1.54) is 0 Å². The van der Waals surface area contributed by atoms with Crippen LogP contribution in [-0.4, -0.2) is 34.4 Å². The molecule has 8 nitrogen and oxygen atoms in total. The molecule has 0 aliphatic carbocycles. The predicted molar refractivity (Wildman–Crippen MR) is 113 cm³/mol. The lowest BCUT2D eigenvalue weighted by Gasteiger charge is -2.17. The maximum absolute atomic E-state index is 12.7. The van der Waals surface area contributed by atoms with E-state index in [2.05, 4.69) is 25.6 Å². The topological polar surface area (TPSA) is 127 Å². The van der Waals surface area contributed by atoms with Gasteiger partial charge in [0, 0.05) is 35.5 Å². The molecule has 8 heteroatoms. The number of H-pyrrole nitrogens is 2. The van der Waals surface area contributed by atoms with Crippen LogP contribution in [0.15, 0.2) is 73.1 Å². The van der Waals surface area contributed by atoms with Gasteiger partial charge < -0.3 is 21.4 Å². The average molecular weight is 401 g/mol. The normalized spacial score (nSPS) is 11.7. The molecule has 0 aliphatic rings. The third-order valence-corrected chi connectivity index (χ3v) is 4.67. The van der Waals surface area contributed by atoms with Crippen LogP contribution in [0.2, 0.25) is 0 Å². The Labute approximate surface area is 172 Å². The third kappa shape index (κ3) is 4.27. The number of anilines is 1. The number of primary amides is 1. The molecule has 1 atom stereocenters. The van der Waals surface area contributed by atoms with E-state index in [-0.39, 0.29) is 12.5 Å². The summed E-state index contributed by atoms with van der Waals surface area (Å²) in [6, 6.07) is 17.5. The van der Waals surface area contributed by atoms with Crippen LogP contribution in [0.1, 0.15) is 10.4 Å². The first-order chi connectivity index (χ1) is 14.6. The van der Waals surface area contributed by atoms with Crippen LogP contribution in [0, 0.1) is 0 Å². The van der Waals surface area contributed by atoms with Crippen molar-refractivity contribution in [1.29, 1.82) is 0 Å². The predicted octanol–water partition coefficient (Wildman–Crippen LogP) is 1.74. The Morgan fingerprint density at radius 3 is 2.57 bits per heavy atom. The first-order valence-corrected chi connectivity index (χ1v) is 9.45. The Morgan fingerprint density at radius 1 is 1.07 bits per heavy atom. The quantitative estimate of drug-likeness (QED) is 0.376. The number of aromatic amines is 2. The Bertz CT molecular complexity index is 1170. The van der Waals surface area contributed by atoms with Crippen molar-refractivity contribution in [2.75, 3.05) is 11.9 Å². The molecule has 0 saturated carbocycles. The molecule has 0 aliphatic heterocycles. The zero-order chi connectivity index (χ0) is 20.9. The van der Waals surface area contributed by atoms with E-state index in [1.54, 1.807) is 18.2 Å². The minimum atomic E-state index is -0.855. The smallest absolute Gasteiger partial charge is 0.252 e. The van der Waals surface area contributed by atoms with E-state index >= 15 is 0 Å². The number of para-hydroxylation sites is 1. The molecular formula is C22H21N6O2+. The van der Waals surface area contributed by atoms with E-state index in [9.17, 15) is 9.59 Å². The Balaban J connectivity index is 1.49.